The molecular weight excluding hydrogens is 414 g/mol. The van der Waals surface area contributed by atoms with Gasteiger partial charge in [0.25, 0.3) is 0 Å². The van der Waals surface area contributed by atoms with Crippen molar-refractivity contribution in [2.75, 3.05) is 5.73 Å². The number of nitrogens with zero attached hydrogens (tertiary/aromatic N) is 4. The first-order chi connectivity index (χ1) is 16.1. The summed E-state index contributed by atoms with van der Waals surface area (Å²) in [6.07, 6.45) is 15.1. The maximum atomic E-state index is 12.3. The zero-order chi connectivity index (χ0) is 22.8. The van der Waals surface area contributed by atoms with Crippen LogP contribution in [0.2, 0.25) is 0 Å². The predicted octanol–water partition coefficient (Wildman–Crippen LogP) is 4.43. The Morgan fingerprint density at radius 1 is 1.18 bits per heavy atom. The molecule has 0 saturated heterocycles. The highest BCUT2D eigenvalue weighted by molar-refractivity contribution is 6.04. The van der Waals surface area contributed by atoms with Gasteiger partial charge in [0.05, 0.1) is 10.9 Å². The third kappa shape index (κ3) is 4.33. The summed E-state index contributed by atoms with van der Waals surface area (Å²) in [7, 11) is 0. The first-order valence-corrected chi connectivity index (χ1v) is 11.6. The molecule has 0 radical (unpaired) electrons. The number of nitrogens with one attached hydrogen (secondary N) is 2. The number of anilines is 1. The van der Waals surface area contributed by atoms with Crippen molar-refractivity contribution in [3.63, 3.8) is 0 Å². The number of fused-ring (bicyclic) bond motifs is 1. The number of hydrogen-bond acceptors (Lipinski definition) is 5. The monoisotopic (exact) mass is 443 g/mol. The Labute approximate surface area is 192 Å². The third-order valence-corrected chi connectivity index (χ3v) is 6.25. The fourth-order valence-electron chi connectivity index (χ4n) is 4.49. The number of aromatic amines is 1. The summed E-state index contributed by atoms with van der Waals surface area (Å²) in [5, 5.41) is 9.97. The van der Waals surface area contributed by atoms with Gasteiger partial charge in [-0.25, -0.2) is 9.97 Å². The van der Waals surface area contributed by atoms with Gasteiger partial charge >= 0.3 is 0 Å². The number of allylic oxidation sites excluding steroid dienone is 1. The molecule has 0 saturated carbocycles. The van der Waals surface area contributed by atoms with E-state index in [1.807, 2.05) is 36.3 Å². The molecule has 5 heterocycles. The average molecular weight is 444 g/mol. The molecule has 4 aromatic rings. The molecule has 33 heavy (non-hydrogen) atoms. The van der Waals surface area contributed by atoms with E-state index in [-0.39, 0.29) is 11.9 Å². The van der Waals surface area contributed by atoms with Crippen LogP contribution in [0.5, 0.6) is 0 Å². The van der Waals surface area contributed by atoms with E-state index in [1.54, 1.807) is 0 Å². The maximum absolute atomic E-state index is 12.3. The number of H-pyrrole nitrogens is 1. The fraction of sp³-hybridized carbons (Fsp3) is 0.360. The highest BCUT2D eigenvalue weighted by atomic mass is 16.1. The zero-order valence-corrected chi connectivity index (χ0v) is 18.8. The van der Waals surface area contributed by atoms with Crippen LogP contribution in [0.4, 0.5) is 5.82 Å². The number of carbonyl (C=O) groups is 1. The number of nitrogen functional groups attached to an aromatic ring is 1. The Kier molecular flexibility index (Phi) is 5.81. The molecule has 0 aliphatic carbocycles. The van der Waals surface area contributed by atoms with E-state index < -0.39 is 0 Å². The molecule has 1 amide bonds. The summed E-state index contributed by atoms with van der Waals surface area (Å²) < 4.78 is 2.01. The molecule has 0 fully saturated rings. The van der Waals surface area contributed by atoms with Crippen molar-refractivity contribution in [1.29, 1.82) is 0 Å². The van der Waals surface area contributed by atoms with Gasteiger partial charge in [0.2, 0.25) is 5.91 Å². The molecule has 0 bridgehead atoms. The minimum absolute atomic E-state index is 0.0568. The van der Waals surface area contributed by atoms with E-state index in [1.165, 1.54) is 0 Å². The van der Waals surface area contributed by atoms with Crippen molar-refractivity contribution < 1.29 is 4.79 Å². The molecule has 4 aromatic heterocycles. The van der Waals surface area contributed by atoms with Gasteiger partial charge in [-0.1, -0.05) is 18.6 Å². The lowest BCUT2D eigenvalue weighted by atomic mass is 10.1. The van der Waals surface area contributed by atoms with E-state index in [0.29, 0.717) is 18.8 Å². The van der Waals surface area contributed by atoms with Gasteiger partial charge in [-0.05, 0) is 44.7 Å². The highest BCUT2D eigenvalue weighted by Gasteiger charge is 2.20. The Morgan fingerprint density at radius 2 is 2.09 bits per heavy atom. The summed E-state index contributed by atoms with van der Waals surface area (Å²) in [5.41, 5.74) is 10.9. The van der Waals surface area contributed by atoms with Crippen molar-refractivity contribution in [2.45, 2.75) is 58.0 Å². The summed E-state index contributed by atoms with van der Waals surface area (Å²) in [4.78, 5) is 24.4. The maximum Gasteiger partial charge on any atom is 0.220 e. The molecule has 0 aromatic carbocycles. The largest absolute Gasteiger partial charge is 0.383 e. The predicted molar refractivity (Wildman–Crippen MR) is 131 cm³/mol. The normalized spacial score (nSPS) is 19.2. The average Bonchev–Trinajstić information content (AvgIpc) is 3.42. The lowest BCUT2D eigenvalue weighted by Gasteiger charge is -2.14. The number of pyridine rings is 2. The molecule has 1 atom stereocenters. The van der Waals surface area contributed by atoms with Crippen molar-refractivity contribution in [2.24, 2.45) is 0 Å². The number of aromatic nitrogens is 5. The van der Waals surface area contributed by atoms with E-state index in [4.69, 9.17) is 10.8 Å². The van der Waals surface area contributed by atoms with E-state index in [0.717, 1.165) is 70.9 Å². The zero-order valence-electron chi connectivity index (χ0n) is 18.8. The van der Waals surface area contributed by atoms with Gasteiger partial charge in [0.15, 0.2) is 0 Å². The summed E-state index contributed by atoms with van der Waals surface area (Å²) in [5.74, 6) is 0.579. The first kappa shape index (κ1) is 21.2. The van der Waals surface area contributed by atoms with Crippen molar-refractivity contribution in [1.82, 2.24) is 30.0 Å². The lowest BCUT2D eigenvalue weighted by molar-refractivity contribution is -0.121. The van der Waals surface area contributed by atoms with Crippen LogP contribution in [0.1, 0.15) is 51.0 Å². The molecule has 4 N–H and O–H groups in total. The van der Waals surface area contributed by atoms with Gasteiger partial charge in [-0.15, -0.1) is 0 Å². The van der Waals surface area contributed by atoms with Crippen molar-refractivity contribution >= 4 is 39.7 Å². The van der Waals surface area contributed by atoms with Crippen LogP contribution < -0.4 is 11.1 Å². The van der Waals surface area contributed by atoms with Crippen LogP contribution in [0.15, 0.2) is 36.8 Å². The fourth-order valence-corrected chi connectivity index (χ4v) is 4.49. The second-order valence-corrected chi connectivity index (χ2v) is 8.79. The summed E-state index contributed by atoms with van der Waals surface area (Å²) >= 11 is 0. The van der Waals surface area contributed by atoms with Gasteiger partial charge in [-0.2, -0.15) is 5.10 Å². The minimum atomic E-state index is 0.0568. The van der Waals surface area contributed by atoms with Crippen LogP contribution in [0, 0.1) is 0 Å². The molecule has 1 aliphatic heterocycles. The molecule has 8 nitrogen and oxygen atoms in total. The van der Waals surface area contributed by atoms with Crippen molar-refractivity contribution in [3.8, 4) is 11.3 Å². The number of aryl methyl sites for hydroxylation is 1. The van der Waals surface area contributed by atoms with Gasteiger partial charge in [0, 0.05) is 54.1 Å². The number of amides is 1. The van der Waals surface area contributed by atoms with Crippen LogP contribution in [-0.4, -0.2) is 36.7 Å². The molecule has 5 rings (SSSR count). The van der Waals surface area contributed by atoms with E-state index in [9.17, 15) is 4.79 Å². The van der Waals surface area contributed by atoms with Crippen molar-refractivity contribution in [3.05, 3.63) is 42.4 Å². The Bertz CT molecular complexity index is 1330. The van der Waals surface area contributed by atoms with Crippen LogP contribution >= 0.6 is 0 Å². The summed E-state index contributed by atoms with van der Waals surface area (Å²) in [6.45, 7) is 2.70. The van der Waals surface area contributed by atoms with Crippen LogP contribution in [0.3, 0.4) is 0 Å². The first-order valence-electron chi connectivity index (χ1n) is 11.6. The smallest absolute Gasteiger partial charge is 0.220 e. The number of rotatable bonds is 1. The van der Waals surface area contributed by atoms with Gasteiger partial charge < -0.3 is 16.0 Å². The van der Waals surface area contributed by atoms with E-state index in [2.05, 4.69) is 38.5 Å². The molecule has 170 valence electrons. The minimum Gasteiger partial charge on any atom is -0.383 e. The Morgan fingerprint density at radius 3 is 3.00 bits per heavy atom. The second kappa shape index (κ2) is 9.05. The Hall–Kier alpha value is -3.68. The molecule has 8 heteroatoms. The van der Waals surface area contributed by atoms with Crippen LogP contribution in [0.25, 0.3) is 39.3 Å². The Balaban J connectivity index is 1.63. The molecule has 1 aliphatic rings. The topological polar surface area (TPSA) is 115 Å². The van der Waals surface area contributed by atoms with Gasteiger partial charge in [-0.3, -0.25) is 9.48 Å². The number of hydrogen-bond donors (Lipinski definition) is 3. The SMILES string of the molecule is C[C@@H]1CCn2nc(-c3cnc4[nH]ccc4c3)c3c(N)ncc(c32)/C=C/CCCCCC(=O)N1. The number of carbonyl (C=O) groups excluding carboxylic acids is 1. The molecule has 0 unspecified atom stereocenters. The standard InChI is InChI=1S/C25H29N7O/c1-16-10-12-32-23-18(7-5-3-2-4-6-8-20(33)30-16)14-28-24(26)21(23)22(31-32)19-13-17-9-11-27-25(17)29-15-19/h5,7,9,11,13-16H,2-4,6,8,10,12H2,1H3,(H2,26,28)(H,27,29)(H,30,33)/b7-5+/t16-/m1/s1. The third-order valence-electron chi connectivity index (χ3n) is 6.25. The highest BCUT2D eigenvalue weighted by Crippen LogP contribution is 2.34. The lowest BCUT2D eigenvalue weighted by Crippen LogP contribution is -2.33. The molecule has 0 spiro atoms. The number of nitrogens with two attached hydrogens (primary N) is 1. The molecular formula is C25H29N7O. The van der Waals surface area contributed by atoms with Crippen LogP contribution in [-0.2, 0) is 11.3 Å². The van der Waals surface area contributed by atoms with Gasteiger partial charge in [0.1, 0.15) is 17.2 Å². The summed E-state index contributed by atoms with van der Waals surface area (Å²) in [6, 6.07) is 4.12. The quantitative estimate of drug-likeness (QED) is 0.403. The van der Waals surface area contributed by atoms with E-state index >= 15 is 0 Å². The second-order valence-electron chi connectivity index (χ2n) is 8.79.